The Morgan fingerprint density at radius 3 is 2.52 bits per heavy atom. The molecule has 0 spiro atoms. The van der Waals surface area contributed by atoms with Gasteiger partial charge in [-0.05, 0) is 32.6 Å². The van der Waals surface area contributed by atoms with Crippen LogP contribution < -0.4 is 4.74 Å². The van der Waals surface area contributed by atoms with Crippen LogP contribution in [0, 0.1) is 6.92 Å². The summed E-state index contributed by atoms with van der Waals surface area (Å²) in [6, 6.07) is 14.2. The Kier molecular flexibility index (Phi) is 4.18. The Morgan fingerprint density at radius 2 is 1.72 bits per heavy atom. The highest BCUT2D eigenvalue weighted by atomic mass is 16.5. The van der Waals surface area contributed by atoms with Gasteiger partial charge in [0.05, 0.1) is 12.8 Å². The molecule has 126 valence electrons. The number of methoxy groups -OCH3 is 1. The fraction of sp³-hybridized carbons (Fsp3) is 0.286. The van der Waals surface area contributed by atoms with E-state index in [0.717, 1.165) is 46.9 Å². The molecule has 0 unspecified atom stereocenters. The van der Waals surface area contributed by atoms with E-state index in [4.69, 9.17) is 14.7 Å². The summed E-state index contributed by atoms with van der Waals surface area (Å²) in [5.41, 5.74) is 6.31. The second kappa shape index (κ2) is 6.63. The first kappa shape index (κ1) is 15.8. The van der Waals surface area contributed by atoms with Gasteiger partial charge >= 0.3 is 0 Å². The van der Waals surface area contributed by atoms with E-state index < -0.39 is 0 Å². The quantitative estimate of drug-likeness (QED) is 0.713. The minimum absolute atomic E-state index is 0.682. The lowest BCUT2D eigenvalue weighted by atomic mass is 9.92. The van der Waals surface area contributed by atoms with E-state index in [-0.39, 0.29) is 0 Å². The number of pyridine rings is 1. The third kappa shape index (κ3) is 3.12. The van der Waals surface area contributed by atoms with E-state index in [1.807, 2.05) is 25.1 Å². The largest absolute Gasteiger partial charge is 0.497 e. The highest BCUT2D eigenvalue weighted by molar-refractivity contribution is 5.67. The van der Waals surface area contributed by atoms with Gasteiger partial charge in [-0.3, -0.25) is 0 Å². The third-order valence-corrected chi connectivity index (χ3v) is 4.62. The summed E-state index contributed by atoms with van der Waals surface area (Å²) >= 11 is 0. The van der Waals surface area contributed by atoms with Crippen molar-refractivity contribution in [1.29, 1.82) is 0 Å². The van der Waals surface area contributed by atoms with Gasteiger partial charge in [-0.1, -0.05) is 30.3 Å². The van der Waals surface area contributed by atoms with Crippen molar-refractivity contribution in [3.63, 3.8) is 0 Å². The zero-order valence-corrected chi connectivity index (χ0v) is 14.6. The summed E-state index contributed by atoms with van der Waals surface area (Å²) in [6.07, 6.45) is 4.44. The Bertz CT molecular complexity index is 907. The van der Waals surface area contributed by atoms with Crippen LogP contribution in [0.5, 0.6) is 5.75 Å². The van der Waals surface area contributed by atoms with E-state index >= 15 is 0 Å². The van der Waals surface area contributed by atoms with E-state index in [2.05, 4.69) is 29.2 Å². The summed E-state index contributed by atoms with van der Waals surface area (Å²) < 4.78 is 5.39. The van der Waals surface area contributed by atoms with Crippen LogP contribution in [0.1, 0.15) is 29.8 Å². The van der Waals surface area contributed by atoms with Crippen molar-refractivity contribution in [2.45, 2.75) is 32.6 Å². The van der Waals surface area contributed by atoms with Gasteiger partial charge in [0.1, 0.15) is 11.4 Å². The molecule has 0 saturated carbocycles. The summed E-state index contributed by atoms with van der Waals surface area (Å²) in [5.74, 6) is 1.46. The molecule has 1 aliphatic rings. The van der Waals surface area contributed by atoms with Crippen molar-refractivity contribution in [2.75, 3.05) is 7.11 Å². The highest BCUT2D eigenvalue weighted by Gasteiger charge is 2.20. The van der Waals surface area contributed by atoms with Crippen LogP contribution in [0.2, 0.25) is 0 Å². The number of benzene rings is 1. The molecule has 4 rings (SSSR count). The predicted octanol–water partition coefficient (Wildman–Crippen LogP) is 4.40. The molecule has 0 bridgehead atoms. The van der Waals surface area contributed by atoms with Crippen molar-refractivity contribution < 1.29 is 4.74 Å². The van der Waals surface area contributed by atoms with Gasteiger partial charge in [0.15, 0.2) is 5.82 Å². The number of nitrogens with zero attached hydrogens (tertiary/aromatic N) is 3. The van der Waals surface area contributed by atoms with Gasteiger partial charge < -0.3 is 4.74 Å². The van der Waals surface area contributed by atoms with E-state index in [9.17, 15) is 0 Å². The Hall–Kier alpha value is -2.75. The summed E-state index contributed by atoms with van der Waals surface area (Å²) in [5, 5.41) is 0. The molecule has 0 saturated heterocycles. The summed E-state index contributed by atoms with van der Waals surface area (Å²) in [7, 11) is 1.67. The van der Waals surface area contributed by atoms with Crippen LogP contribution in [0.4, 0.5) is 0 Å². The number of rotatable bonds is 3. The zero-order valence-electron chi connectivity index (χ0n) is 14.6. The molecule has 2 aromatic heterocycles. The first-order chi connectivity index (χ1) is 12.2. The molecule has 1 aliphatic carbocycles. The molecule has 1 aromatic carbocycles. The highest BCUT2D eigenvalue weighted by Crippen LogP contribution is 2.31. The lowest BCUT2D eigenvalue weighted by molar-refractivity contribution is 0.414. The van der Waals surface area contributed by atoms with Crippen molar-refractivity contribution in [1.82, 2.24) is 15.0 Å². The van der Waals surface area contributed by atoms with Crippen molar-refractivity contribution >= 4 is 0 Å². The second-order valence-corrected chi connectivity index (χ2v) is 6.43. The van der Waals surface area contributed by atoms with Crippen molar-refractivity contribution in [2.24, 2.45) is 0 Å². The van der Waals surface area contributed by atoms with E-state index in [0.29, 0.717) is 5.82 Å². The van der Waals surface area contributed by atoms with Crippen LogP contribution >= 0.6 is 0 Å². The number of aromatic nitrogens is 3. The van der Waals surface area contributed by atoms with Gasteiger partial charge in [-0.2, -0.15) is 0 Å². The standard InChI is InChI=1S/C21H21N3O/c1-14-12-16(25-2)13-19(22-14)21-23-18-11-7-6-10-17(18)20(24-21)15-8-4-3-5-9-15/h3-5,8-9,12-13H,6-7,10-11H2,1-2H3. The van der Waals surface area contributed by atoms with E-state index in [1.165, 1.54) is 18.4 Å². The number of aryl methyl sites for hydroxylation is 2. The monoisotopic (exact) mass is 331 g/mol. The lowest BCUT2D eigenvalue weighted by Crippen LogP contribution is -2.11. The molecule has 4 nitrogen and oxygen atoms in total. The predicted molar refractivity (Wildman–Crippen MR) is 98.6 cm³/mol. The number of fused-ring (bicyclic) bond motifs is 1. The molecule has 0 radical (unpaired) electrons. The molecule has 3 aromatic rings. The summed E-state index contributed by atoms with van der Waals surface area (Å²) in [6.45, 7) is 1.96. The van der Waals surface area contributed by atoms with Crippen LogP contribution in [0.15, 0.2) is 42.5 Å². The van der Waals surface area contributed by atoms with Gasteiger partial charge in [-0.15, -0.1) is 0 Å². The number of hydrogen-bond donors (Lipinski definition) is 0. The first-order valence-corrected chi connectivity index (χ1v) is 8.73. The van der Waals surface area contributed by atoms with Crippen LogP contribution in [-0.2, 0) is 12.8 Å². The Labute approximate surface area is 148 Å². The third-order valence-electron chi connectivity index (χ3n) is 4.62. The van der Waals surface area contributed by atoms with E-state index in [1.54, 1.807) is 7.11 Å². The Balaban J connectivity index is 1.91. The first-order valence-electron chi connectivity index (χ1n) is 8.73. The molecule has 4 heteroatoms. The van der Waals surface area contributed by atoms with Crippen LogP contribution in [0.3, 0.4) is 0 Å². The smallest absolute Gasteiger partial charge is 0.179 e. The molecule has 25 heavy (non-hydrogen) atoms. The maximum absolute atomic E-state index is 5.39. The van der Waals surface area contributed by atoms with Gasteiger partial charge in [0, 0.05) is 34.6 Å². The Morgan fingerprint density at radius 1 is 0.920 bits per heavy atom. The average Bonchev–Trinajstić information content (AvgIpc) is 2.67. The fourth-order valence-electron chi connectivity index (χ4n) is 3.41. The topological polar surface area (TPSA) is 47.9 Å². The van der Waals surface area contributed by atoms with Crippen molar-refractivity contribution in [3.05, 3.63) is 59.4 Å². The normalized spacial score (nSPS) is 13.4. The lowest BCUT2D eigenvalue weighted by Gasteiger charge is -2.19. The summed E-state index contributed by atoms with van der Waals surface area (Å²) in [4.78, 5) is 14.4. The number of hydrogen-bond acceptors (Lipinski definition) is 4. The second-order valence-electron chi connectivity index (χ2n) is 6.43. The molecular weight excluding hydrogens is 310 g/mol. The van der Waals surface area contributed by atoms with Crippen molar-refractivity contribution in [3.8, 4) is 28.5 Å². The maximum atomic E-state index is 5.39. The van der Waals surface area contributed by atoms with Crippen LogP contribution in [0.25, 0.3) is 22.8 Å². The molecule has 0 aliphatic heterocycles. The molecule has 0 N–H and O–H groups in total. The minimum atomic E-state index is 0.682. The molecule has 0 amide bonds. The van der Waals surface area contributed by atoms with Gasteiger partial charge in [0.2, 0.25) is 0 Å². The van der Waals surface area contributed by atoms with Crippen LogP contribution in [-0.4, -0.2) is 22.1 Å². The molecule has 2 heterocycles. The fourth-order valence-corrected chi connectivity index (χ4v) is 3.41. The maximum Gasteiger partial charge on any atom is 0.179 e. The minimum Gasteiger partial charge on any atom is -0.497 e. The van der Waals surface area contributed by atoms with Gasteiger partial charge in [0.25, 0.3) is 0 Å². The molecule has 0 fully saturated rings. The molecule has 0 atom stereocenters. The molecular formula is C21H21N3O. The SMILES string of the molecule is COc1cc(C)nc(-c2nc3c(c(-c4ccccc4)n2)CCCC3)c1. The number of ether oxygens (including phenoxy) is 1. The average molecular weight is 331 g/mol. The zero-order chi connectivity index (χ0) is 17.2. The van der Waals surface area contributed by atoms with Gasteiger partial charge in [-0.25, -0.2) is 15.0 Å².